The Kier molecular flexibility index (Phi) is 6.20. The van der Waals surface area contributed by atoms with E-state index in [1.807, 2.05) is 22.2 Å². The van der Waals surface area contributed by atoms with Crippen molar-refractivity contribution in [3.05, 3.63) is 20.8 Å². The van der Waals surface area contributed by atoms with E-state index < -0.39 is 0 Å². The molecule has 0 atom stereocenters. The molecule has 1 aromatic rings. The van der Waals surface area contributed by atoms with Crippen LogP contribution in [0.15, 0.2) is 15.9 Å². The Morgan fingerprint density at radius 1 is 1.43 bits per heavy atom. The summed E-state index contributed by atoms with van der Waals surface area (Å²) in [5.41, 5.74) is 0. The number of halogens is 1. The van der Waals surface area contributed by atoms with E-state index in [4.69, 9.17) is 0 Å². The van der Waals surface area contributed by atoms with Crippen LogP contribution in [0.3, 0.4) is 0 Å². The number of amides is 2. The number of nitrogens with one attached hydrogen (secondary N) is 1. The molecule has 0 aliphatic carbocycles. The number of hydrogen-bond donors (Lipinski definition) is 1. The predicted molar refractivity (Wildman–Crippen MR) is 87.2 cm³/mol. The molecule has 2 heterocycles. The molecule has 0 unspecified atom stereocenters. The van der Waals surface area contributed by atoms with E-state index in [0.29, 0.717) is 6.54 Å². The van der Waals surface area contributed by atoms with Gasteiger partial charge in [0, 0.05) is 34.4 Å². The standard InChI is InChI=1S/C14H20BrN3O2S/c1-17(8-12-6-11(15)10-21-12)9-13(19)16-7-14(20)18-4-2-3-5-18/h6,10H,2-5,7-9H2,1H3,(H,16,19). The minimum Gasteiger partial charge on any atom is -0.346 e. The molecule has 5 nitrogen and oxygen atoms in total. The van der Waals surface area contributed by atoms with Crippen molar-refractivity contribution >= 4 is 39.1 Å². The van der Waals surface area contributed by atoms with Crippen molar-refractivity contribution in [2.24, 2.45) is 0 Å². The number of likely N-dealkylation sites (N-methyl/N-ethyl adjacent to an activating group) is 1. The fraction of sp³-hybridized carbons (Fsp3) is 0.571. The van der Waals surface area contributed by atoms with Crippen LogP contribution < -0.4 is 5.32 Å². The van der Waals surface area contributed by atoms with Gasteiger partial charge >= 0.3 is 0 Å². The summed E-state index contributed by atoms with van der Waals surface area (Å²) in [6.07, 6.45) is 2.14. The van der Waals surface area contributed by atoms with Gasteiger partial charge in [-0.2, -0.15) is 0 Å². The number of nitrogens with zero attached hydrogens (tertiary/aromatic N) is 2. The van der Waals surface area contributed by atoms with Crippen molar-refractivity contribution in [1.82, 2.24) is 15.1 Å². The fourth-order valence-corrected chi connectivity index (χ4v) is 3.84. The molecule has 2 amide bonds. The number of carbonyl (C=O) groups is 2. The van der Waals surface area contributed by atoms with Crippen LogP contribution >= 0.6 is 27.3 Å². The molecule has 2 rings (SSSR count). The maximum atomic E-state index is 11.8. The molecule has 1 saturated heterocycles. The monoisotopic (exact) mass is 373 g/mol. The summed E-state index contributed by atoms with van der Waals surface area (Å²) in [7, 11) is 1.90. The van der Waals surface area contributed by atoms with Gasteiger partial charge in [-0.3, -0.25) is 14.5 Å². The molecule has 0 bridgehead atoms. The van der Waals surface area contributed by atoms with Crippen molar-refractivity contribution in [2.75, 3.05) is 33.2 Å². The van der Waals surface area contributed by atoms with E-state index >= 15 is 0 Å². The highest BCUT2D eigenvalue weighted by atomic mass is 79.9. The van der Waals surface area contributed by atoms with Gasteiger partial charge in [0.2, 0.25) is 11.8 Å². The van der Waals surface area contributed by atoms with Gasteiger partial charge in [-0.1, -0.05) is 0 Å². The average Bonchev–Trinajstić information content (AvgIpc) is 3.07. The van der Waals surface area contributed by atoms with Crippen LogP contribution in [0.4, 0.5) is 0 Å². The van der Waals surface area contributed by atoms with E-state index in [9.17, 15) is 9.59 Å². The maximum absolute atomic E-state index is 11.8. The van der Waals surface area contributed by atoms with Crippen molar-refractivity contribution in [3.63, 3.8) is 0 Å². The van der Waals surface area contributed by atoms with Crippen LogP contribution in [0, 0.1) is 0 Å². The summed E-state index contributed by atoms with van der Waals surface area (Å²) in [4.78, 5) is 28.6. The summed E-state index contributed by atoms with van der Waals surface area (Å²) in [5.74, 6) is -0.0913. The molecule has 0 aromatic carbocycles. The molecule has 0 radical (unpaired) electrons. The Bertz CT molecular complexity index is 500. The molecule has 0 spiro atoms. The molecular formula is C14H20BrN3O2S. The Balaban J connectivity index is 1.67. The van der Waals surface area contributed by atoms with Gasteiger partial charge < -0.3 is 10.2 Å². The highest BCUT2D eigenvalue weighted by Gasteiger charge is 2.18. The van der Waals surface area contributed by atoms with Crippen molar-refractivity contribution in [3.8, 4) is 0 Å². The van der Waals surface area contributed by atoms with Crippen LogP contribution in [0.5, 0.6) is 0 Å². The second-order valence-electron chi connectivity index (χ2n) is 5.27. The molecule has 1 N–H and O–H groups in total. The van der Waals surface area contributed by atoms with E-state index in [-0.39, 0.29) is 18.4 Å². The molecule has 1 aromatic heterocycles. The third-order valence-electron chi connectivity index (χ3n) is 3.36. The normalized spacial score (nSPS) is 14.7. The lowest BCUT2D eigenvalue weighted by atomic mass is 10.4. The molecule has 1 fully saturated rings. The van der Waals surface area contributed by atoms with Crippen LogP contribution in [0.25, 0.3) is 0 Å². The van der Waals surface area contributed by atoms with Crippen LogP contribution in [0.2, 0.25) is 0 Å². The zero-order valence-corrected chi connectivity index (χ0v) is 14.5. The number of thiophene rings is 1. The number of hydrogen-bond acceptors (Lipinski definition) is 4. The SMILES string of the molecule is CN(CC(=O)NCC(=O)N1CCCC1)Cc1cc(Br)cs1. The first-order valence-corrected chi connectivity index (χ1v) is 8.68. The summed E-state index contributed by atoms with van der Waals surface area (Å²) in [6, 6.07) is 2.05. The summed E-state index contributed by atoms with van der Waals surface area (Å²) in [6.45, 7) is 2.77. The van der Waals surface area contributed by atoms with Gasteiger partial charge in [-0.25, -0.2) is 0 Å². The van der Waals surface area contributed by atoms with Crippen LogP contribution in [-0.2, 0) is 16.1 Å². The zero-order valence-electron chi connectivity index (χ0n) is 12.1. The van der Waals surface area contributed by atoms with Crippen molar-refractivity contribution in [1.29, 1.82) is 0 Å². The van der Waals surface area contributed by atoms with Gasteiger partial charge in [0.1, 0.15) is 0 Å². The van der Waals surface area contributed by atoms with E-state index in [1.54, 1.807) is 11.3 Å². The highest BCUT2D eigenvalue weighted by molar-refractivity contribution is 9.10. The maximum Gasteiger partial charge on any atom is 0.241 e. The lowest BCUT2D eigenvalue weighted by Gasteiger charge is -2.17. The first-order chi connectivity index (χ1) is 10.0. The van der Waals surface area contributed by atoms with Gasteiger partial charge in [-0.15, -0.1) is 11.3 Å². The second kappa shape index (κ2) is 7.91. The van der Waals surface area contributed by atoms with Crippen LogP contribution in [-0.4, -0.2) is 54.8 Å². The Labute approximate surface area is 137 Å². The minimum atomic E-state index is -0.110. The van der Waals surface area contributed by atoms with Gasteiger partial charge in [0.05, 0.1) is 13.1 Å². The number of carbonyl (C=O) groups excluding carboxylic acids is 2. The highest BCUT2D eigenvalue weighted by Crippen LogP contribution is 2.20. The molecule has 7 heteroatoms. The molecule has 116 valence electrons. The summed E-state index contributed by atoms with van der Waals surface area (Å²) >= 11 is 5.08. The van der Waals surface area contributed by atoms with Crippen LogP contribution in [0.1, 0.15) is 17.7 Å². The topological polar surface area (TPSA) is 52.7 Å². The largest absolute Gasteiger partial charge is 0.346 e. The molecule has 21 heavy (non-hydrogen) atoms. The van der Waals surface area contributed by atoms with Gasteiger partial charge in [-0.05, 0) is 41.9 Å². The first-order valence-electron chi connectivity index (χ1n) is 7.00. The van der Waals surface area contributed by atoms with E-state index in [1.165, 1.54) is 4.88 Å². The van der Waals surface area contributed by atoms with Gasteiger partial charge in [0.25, 0.3) is 0 Å². The average molecular weight is 374 g/mol. The minimum absolute atomic E-state index is 0.0192. The second-order valence-corrected chi connectivity index (χ2v) is 7.18. The summed E-state index contributed by atoms with van der Waals surface area (Å²) < 4.78 is 1.07. The smallest absolute Gasteiger partial charge is 0.241 e. The van der Waals surface area contributed by atoms with Crippen molar-refractivity contribution < 1.29 is 9.59 Å². The molecule has 1 aliphatic rings. The molecular weight excluding hydrogens is 354 g/mol. The fourth-order valence-electron chi connectivity index (χ4n) is 2.31. The summed E-state index contributed by atoms with van der Waals surface area (Å²) in [5, 5.41) is 4.73. The Hall–Kier alpha value is -0.920. The third kappa shape index (κ3) is 5.41. The van der Waals surface area contributed by atoms with Crippen molar-refractivity contribution in [2.45, 2.75) is 19.4 Å². The molecule has 1 aliphatic heterocycles. The van der Waals surface area contributed by atoms with E-state index in [2.05, 4.69) is 27.3 Å². The number of likely N-dealkylation sites (tertiary alicyclic amines) is 1. The first kappa shape index (κ1) is 16.5. The predicted octanol–water partition coefficient (Wildman–Crippen LogP) is 1.68. The lowest BCUT2D eigenvalue weighted by Crippen LogP contribution is -2.42. The number of rotatable bonds is 6. The lowest BCUT2D eigenvalue weighted by molar-refractivity contribution is -0.132. The Morgan fingerprint density at radius 2 is 2.14 bits per heavy atom. The zero-order chi connectivity index (χ0) is 15.2. The molecule has 0 saturated carbocycles. The quantitative estimate of drug-likeness (QED) is 0.825. The van der Waals surface area contributed by atoms with Gasteiger partial charge in [0.15, 0.2) is 0 Å². The van der Waals surface area contributed by atoms with E-state index in [0.717, 1.165) is 36.9 Å². The third-order valence-corrected chi connectivity index (χ3v) is 5.04. The Morgan fingerprint density at radius 3 is 2.76 bits per heavy atom.